The highest BCUT2D eigenvalue weighted by molar-refractivity contribution is 5.85. The molecule has 7 heteroatoms. The second-order valence-electron chi connectivity index (χ2n) is 4.17. The maximum absolute atomic E-state index is 11.9. The molecule has 0 fully saturated rings. The number of benzene rings is 1. The van der Waals surface area contributed by atoms with Gasteiger partial charge in [0.15, 0.2) is 0 Å². The summed E-state index contributed by atoms with van der Waals surface area (Å²) in [6.45, 7) is 1.26. The summed E-state index contributed by atoms with van der Waals surface area (Å²) in [6, 6.07) is 4.59. The van der Waals surface area contributed by atoms with Crippen LogP contribution >= 0.6 is 0 Å². The van der Waals surface area contributed by atoms with Gasteiger partial charge in [0.05, 0.1) is 0 Å². The Kier molecular flexibility index (Phi) is 5.52. The predicted octanol–water partition coefficient (Wildman–Crippen LogP) is 0.0678. The van der Waals surface area contributed by atoms with Crippen molar-refractivity contribution in [2.24, 2.45) is 5.73 Å². The number of nitrogens with two attached hydrogens (primary N) is 1. The van der Waals surface area contributed by atoms with E-state index in [2.05, 4.69) is 5.32 Å². The summed E-state index contributed by atoms with van der Waals surface area (Å²) < 4.78 is 5.05. The number of phenolic OH excluding ortho intramolecular Hbond substituents is 1. The van der Waals surface area contributed by atoms with Crippen LogP contribution in [-0.2, 0) is 14.4 Å². The van der Waals surface area contributed by atoms with Crippen LogP contribution in [0, 0.1) is 0 Å². The lowest BCUT2D eigenvalue weighted by atomic mass is 10.1. The number of aromatic hydroxyl groups is 1. The van der Waals surface area contributed by atoms with Crippen LogP contribution in [0.4, 0.5) is 0 Å². The van der Waals surface area contributed by atoms with Gasteiger partial charge in [0.1, 0.15) is 17.5 Å². The molecule has 108 valence electrons. The number of primary amides is 1. The highest BCUT2D eigenvalue weighted by Gasteiger charge is 2.22. The van der Waals surface area contributed by atoms with Gasteiger partial charge in [-0.2, -0.15) is 0 Å². The Morgan fingerprint density at radius 3 is 2.40 bits per heavy atom. The Labute approximate surface area is 115 Å². The van der Waals surface area contributed by atoms with E-state index in [0.29, 0.717) is 0 Å². The molecule has 0 radical (unpaired) electrons. The average molecular weight is 280 g/mol. The van der Waals surface area contributed by atoms with E-state index in [-0.39, 0.29) is 24.3 Å². The zero-order chi connectivity index (χ0) is 15.1. The zero-order valence-corrected chi connectivity index (χ0v) is 11.0. The maximum atomic E-state index is 11.9. The van der Waals surface area contributed by atoms with Crippen LogP contribution in [0.1, 0.15) is 19.8 Å². The topological polar surface area (TPSA) is 119 Å². The molecule has 0 heterocycles. The maximum Gasteiger partial charge on any atom is 0.334 e. The molecule has 1 aromatic carbocycles. The second kappa shape index (κ2) is 7.13. The molecule has 0 saturated carbocycles. The van der Waals surface area contributed by atoms with Crippen LogP contribution in [0.25, 0.3) is 0 Å². The van der Waals surface area contributed by atoms with E-state index in [1.807, 2.05) is 0 Å². The van der Waals surface area contributed by atoms with E-state index in [1.54, 1.807) is 0 Å². The van der Waals surface area contributed by atoms with Gasteiger partial charge in [0.2, 0.25) is 11.8 Å². The van der Waals surface area contributed by atoms with E-state index in [9.17, 15) is 14.4 Å². The summed E-state index contributed by atoms with van der Waals surface area (Å²) in [6.07, 6.45) is 0.0153. The minimum Gasteiger partial charge on any atom is -0.508 e. The van der Waals surface area contributed by atoms with Crippen molar-refractivity contribution in [3.8, 4) is 11.5 Å². The van der Waals surface area contributed by atoms with Crippen molar-refractivity contribution in [2.45, 2.75) is 25.8 Å². The van der Waals surface area contributed by atoms with Crippen molar-refractivity contribution in [3.05, 3.63) is 24.3 Å². The lowest BCUT2D eigenvalue weighted by Crippen LogP contribution is -2.42. The zero-order valence-electron chi connectivity index (χ0n) is 11.0. The molecule has 0 spiro atoms. The van der Waals surface area contributed by atoms with Gasteiger partial charge in [-0.3, -0.25) is 9.59 Å². The third kappa shape index (κ3) is 5.38. The molecule has 0 saturated heterocycles. The summed E-state index contributed by atoms with van der Waals surface area (Å²) in [7, 11) is 0. The van der Waals surface area contributed by atoms with Crippen LogP contribution in [0.5, 0.6) is 11.5 Å². The first-order valence-corrected chi connectivity index (χ1v) is 5.94. The van der Waals surface area contributed by atoms with E-state index >= 15 is 0 Å². The minimum atomic E-state index is -0.950. The number of carbonyl (C=O) groups is 3. The minimum absolute atomic E-state index is 0.0388. The molecule has 1 atom stereocenters. The number of ether oxygens (including phenoxy) is 1. The number of rotatable bonds is 6. The van der Waals surface area contributed by atoms with Gasteiger partial charge in [-0.05, 0) is 30.7 Å². The molecule has 0 unspecified atom stereocenters. The molecule has 0 aliphatic heterocycles. The Morgan fingerprint density at radius 2 is 1.90 bits per heavy atom. The highest BCUT2D eigenvalue weighted by Crippen LogP contribution is 2.16. The summed E-state index contributed by atoms with van der Waals surface area (Å²) in [5.74, 6) is -1.42. The van der Waals surface area contributed by atoms with Crippen molar-refractivity contribution < 1.29 is 24.2 Å². The molecular formula is C13H16N2O5. The normalized spacial score (nSPS) is 11.4. The predicted molar refractivity (Wildman–Crippen MR) is 69.8 cm³/mol. The molecule has 0 aliphatic carbocycles. The Morgan fingerprint density at radius 1 is 1.30 bits per heavy atom. The standard InChI is InChI=1S/C13H16N2O5/c1-8(16)15-11(6-7-12(14)18)13(19)20-10-4-2-9(17)3-5-10/h2-5,11,17H,6-7H2,1H3,(H2,14,18)(H,15,16)/t11-/m0/s1. The average Bonchev–Trinajstić information content (AvgIpc) is 2.36. The third-order valence-electron chi connectivity index (χ3n) is 2.40. The number of hydrogen-bond donors (Lipinski definition) is 3. The van der Waals surface area contributed by atoms with Gasteiger partial charge < -0.3 is 20.9 Å². The first kappa shape index (κ1) is 15.5. The smallest absolute Gasteiger partial charge is 0.334 e. The molecule has 0 aromatic heterocycles. The number of carbonyl (C=O) groups excluding carboxylic acids is 3. The van der Waals surface area contributed by atoms with Gasteiger partial charge in [-0.15, -0.1) is 0 Å². The Balaban J connectivity index is 2.68. The molecular weight excluding hydrogens is 264 g/mol. The molecule has 20 heavy (non-hydrogen) atoms. The number of phenols is 1. The molecule has 1 aromatic rings. The second-order valence-corrected chi connectivity index (χ2v) is 4.17. The number of esters is 1. The van der Waals surface area contributed by atoms with Gasteiger partial charge in [0.25, 0.3) is 0 Å². The fourth-order valence-electron chi connectivity index (χ4n) is 1.48. The third-order valence-corrected chi connectivity index (χ3v) is 2.40. The number of nitrogens with one attached hydrogen (secondary N) is 1. The van der Waals surface area contributed by atoms with E-state index < -0.39 is 23.8 Å². The van der Waals surface area contributed by atoms with Crippen LogP contribution in [0.3, 0.4) is 0 Å². The molecule has 1 rings (SSSR count). The molecule has 2 amide bonds. The quantitative estimate of drug-likeness (QED) is 0.503. The highest BCUT2D eigenvalue weighted by atomic mass is 16.5. The fourth-order valence-corrected chi connectivity index (χ4v) is 1.48. The molecule has 0 bridgehead atoms. The van der Waals surface area contributed by atoms with E-state index in [1.165, 1.54) is 31.2 Å². The van der Waals surface area contributed by atoms with E-state index in [4.69, 9.17) is 15.6 Å². The first-order valence-electron chi connectivity index (χ1n) is 5.94. The largest absolute Gasteiger partial charge is 0.508 e. The van der Waals surface area contributed by atoms with Crippen molar-refractivity contribution >= 4 is 17.8 Å². The van der Waals surface area contributed by atoms with Gasteiger partial charge in [-0.1, -0.05) is 0 Å². The van der Waals surface area contributed by atoms with Crippen molar-refractivity contribution in [2.75, 3.05) is 0 Å². The fraction of sp³-hybridized carbons (Fsp3) is 0.308. The van der Waals surface area contributed by atoms with Crippen LogP contribution in [0.15, 0.2) is 24.3 Å². The molecule has 7 nitrogen and oxygen atoms in total. The SMILES string of the molecule is CC(=O)N[C@@H](CCC(N)=O)C(=O)Oc1ccc(O)cc1. The summed E-state index contributed by atoms with van der Waals surface area (Å²) in [5, 5.41) is 11.5. The number of amides is 2. The summed E-state index contributed by atoms with van der Waals surface area (Å²) in [4.78, 5) is 33.7. The Hall–Kier alpha value is -2.57. The summed E-state index contributed by atoms with van der Waals surface area (Å²) in [5.41, 5.74) is 5.01. The van der Waals surface area contributed by atoms with E-state index in [0.717, 1.165) is 0 Å². The number of hydrogen-bond acceptors (Lipinski definition) is 5. The van der Waals surface area contributed by atoms with Crippen LogP contribution in [0.2, 0.25) is 0 Å². The van der Waals surface area contributed by atoms with Gasteiger partial charge >= 0.3 is 5.97 Å². The summed E-state index contributed by atoms with van der Waals surface area (Å²) >= 11 is 0. The first-order chi connectivity index (χ1) is 9.38. The van der Waals surface area contributed by atoms with Crippen molar-refractivity contribution in [1.82, 2.24) is 5.32 Å². The monoisotopic (exact) mass is 280 g/mol. The Bertz CT molecular complexity index is 498. The van der Waals surface area contributed by atoms with Crippen LogP contribution < -0.4 is 15.8 Å². The lowest BCUT2D eigenvalue weighted by molar-refractivity contribution is -0.139. The molecule has 0 aliphatic rings. The van der Waals surface area contributed by atoms with Crippen LogP contribution in [-0.4, -0.2) is 28.9 Å². The van der Waals surface area contributed by atoms with Gasteiger partial charge in [-0.25, -0.2) is 4.79 Å². The van der Waals surface area contributed by atoms with Crippen molar-refractivity contribution in [3.63, 3.8) is 0 Å². The van der Waals surface area contributed by atoms with Crippen molar-refractivity contribution in [1.29, 1.82) is 0 Å². The lowest BCUT2D eigenvalue weighted by Gasteiger charge is -2.15. The van der Waals surface area contributed by atoms with Gasteiger partial charge in [0, 0.05) is 13.3 Å². The molecule has 4 N–H and O–H groups in total.